The number of carbonyl (C=O) groups is 1. The Labute approximate surface area is 112 Å². The average molecular weight is 286 g/mol. The molecule has 1 aromatic rings. The molecule has 0 unspecified atom stereocenters. The second kappa shape index (κ2) is 5.70. The van der Waals surface area contributed by atoms with Crippen molar-refractivity contribution in [1.29, 1.82) is 0 Å². The maximum atomic E-state index is 11.8. The van der Waals surface area contributed by atoms with Crippen LogP contribution in [0.2, 0.25) is 0 Å². The highest BCUT2D eigenvalue weighted by Gasteiger charge is 2.26. The smallest absolute Gasteiger partial charge is 0.274 e. The first-order valence-corrected chi connectivity index (χ1v) is 7.71. The average Bonchev–Trinajstić information content (AvgIpc) is 2.96. The maximum absolute atomic E-state index is 11.8. The van der Waals surface area contributed by atoms with Crippen LogP contribution in [-0.4, -0.2) is 41.5 Å². The number of aryl methyl sites for hydroxylation is 2. The Kier molecular flexibility index (Phi) is 4.20. The second-order valence-electron chi connectivity index (χ2n) is 4.67. The van der Waals surface area contributed by atoms with Crippen molar-refractivity contribution >= 4 is 16.1 Å². The highest BCUT2D eigenvalue weighted by Crippen LogP contribution is 2.11. The van der Waals surface area contributed by atoms with E-state index in [4.69, 9.17) is 0 Å². The molecular formula is C11H18N4O3S. The van der Waals surface area contributed by atoms with Gasteiger partial charge >= 0.3 is 10.2 Å². The van der Waals surface area contributed by atoms with E-state index in [9.17, 15) is 13.2 Å². The first-order valence-electron chi connectivity index (χ1n) is 6.27. The van der Waals surface area contributed by atoms with Crippen LogP contribution in [0.1, 0.15) is 24.8 Å². The monoisotopic (exact) mass is 286 g/mol. The number of nitrogens with zero attached hydrogens (tertiary/aromatic N) is 3. The Morgan fingerprint density at radius 2 is 2.11 bits per heavy atom. The molecule has 19 heavy (non-hydrogen) atoms. The van der Waals surface area contributed by atoms with Gasteiger partial charge in [0.1, 0.15) is 0 Å². The molecule has 1 N–H and O–H groups in total. The van der Waals surface area contributed by atoms with E-state index in [2.05, 4.69) is 9.82 Å². The van der Waals surface area contributed by atoms with E-state index >= 15 is 0 Å². The van der Waals surface area contributed by atoms with Gasteiger partial charge in [-0.1, -0.05) is 0 Å². The van der Waals surface area contributed by atoms with E-state index in [1.807, 2.05) is 13.1 Å². The predicted molar refractivity (Wildman–Crippen MR) is 69.5 cm³/mol. The van der Waals surface area contributed by atoms with Gasteiger partial charge in [-0.25, -0.2) is 4.72 Å². The van der Waals surface area contributed by atoms with Gasteiger partial charge in [-0.15, -0.1) is 0 Å². The third-order valence-electron chi connectivity index (χ3n) is 2.98. The summed E-state index contributed by atoms with van der Waals surface area (Å²) in [6.45, 7) is 3.25. The van der Waals surface area contributed by atoms with Crippen LogP contribution >= 0.6 is 0 Å². The molecule has 0 spiro atoms. The second-order valence-corrected chi connectivity index (χ2v) is 6.34. The lowest BCUT2D eigenvalue weighted by molar-refractivity contribution is -0.119. The van der Waals surface area contributed by atoms with E-state index in [0.29, 0.717) is 19.6 Å². The SMILES string of the molecule is Cc1cnn(CCC(=O)NS(=O)(=O)N2CCCC2)c1. The van der Waals surface area contributed by atoms with Gasteiger partial charge in [0.25, 0.3) is 0 Å². The van der Waals surface area contributed by atoms with Gasteiger partial charge in [-0.3, -0.25) is 9.48 Å². The quantitative estimate of drug-likeness (QED) is 0.828. The lowest BCUT2D eigenvalue weighted by Crippen LogP contribution is -2.42. The van der Waals surface area contributed by atoms with Crippen molar-refractivity contribution in [3.8, 4) is 0 Å². The molecule has 0 bridgehead atoms. The summed E-state index contributed by atoms with van der Waals surface area (Å²) in [5, 5.41) is 4.04. The molecule has 1 saturated heterocycles. The summed E-state index contributed by atoms with van der Waals surface area (Å²) >= 11 is 0. The van der Waals surface area contributed by atoms with Crippen LogP contribution in [0.25, 0.3) is 0 Å². The normalized spacial score (nSPS) is 16.7. The Morgan fingerprint density at radius 3 is 2.68 bits per heavy atom. The summed E-state index contributed by atoms with van der Waals surface area (Å²) in [5.74, 6) is -0.500. The van der Waals surface area contributed by atoms with E-state index in [-0.39, 0.29) is 6.42 Å². The van der Waals surface area contributed by atoms with Gasteiger partial charge in [0, 0.05) is 32.3 Å². The van der Waals surface area contributed by atoms with Gasteiger partial charge in [0.2, 0.25) is 5.91 Å². The van der Waals surface area contributed by atoms with E-state index in [1.165, 1.54) is 4.31 Å². The van der Waals surface area contributed by atoms with Crippen molar-refractivity contribution in [1.82, 2.24) is 18.8 Å². The van der Waals surface area contributed by atoms with Crippen LogP contribution in [-0.2, 0) is 21.5 Å². The van der Waals surface area contributed by atoms with E-state index < -0.39 is 16.1 Å². The lowest BCUT2D eigenvalue weighted by Gasteiger charge is -2.15. The number of nitrogens with one attached hydrogen (secondary N) is 1. The first kappa shape index (κ1) is 14.0. The largest absolute Gasteiger partial charge is 0.303 e. The van der Waals surface area contributed by atoms with Gasteiger partial charge in [0.15, 0.2) is 0 Å². The van der Waals surface area contributed by atoms with E-state index in [1.54, 1.807) is 10.9 Å². The van der Waals surface area contributed by atoms with Crippen LogP contribution in [0, 0.1) is 6.92 Å². The first-order chi connectivity index (χ1) is 8.97. The van der Waals surface area contributed by atoms with Crippen LogP contribution in [0.4, 0.5) is 0 Å². The molecule has 1 aliphatic heterocycles. The molecule has 0 saturated carbocycles. The van der Waals surface area contributed by atoms with Crippen LogP contribution in [0.5, 0.6) is 0 Å². The standard InChI is InChI=1S/C11H18N4O3S/c1-10-8-12-14(9-10)7-4-11(16)13-19(17,18)15-5-2-3-6-15/h8-9H,2-7H2,1H3,(H,13,16). The maximum Gasteiger partial charge on any atom is 0.303 e. The molecule has 106 valence electrons. The third kappa shape index (κ3) is 3.77. The molecule has 0 atom stereocenters. The molecule has 2 heterocycles. The summed E-state index contributed by atoms with van der Waals surface area (Å²) in [6.07, 6.45) is 5.29. The highest BCUT2D eigenvalue weighted by molar-refractivity contribution is 7.87. The lowest BCUT2D eigenvalue weighted by atomic mass is 10.4. The van der Waals surface area contributed by atoms with Crippen molar-refractivity contribution in [2.45, 2.75) is 32.7 Å². The minimum absolute atomic E-state index is 0.0915. The predicted octanol–water partition coefficient (Wildman–Crippen LogP) is 0.0384. The summed E-state index contributed by atoms with van der Waals surface area (Å²) in [4.78, 5) is 11.6. The number of hydrogen-bond donors (Lipinski definition) is 1. The van der Waals surface area contributed by atoms with Crippen LogP contribution in [0.3, 0.4) is 0 Å². The highest BCUT2D eigenvalue weighted by atomic mass is 32.2. The number of carbonyl (C=O) groups excluding carboxylic acids is 1. The molecular weight excluding hydrogens is 268 g/mol. The molecule has 7 nitrogen and oxygen atoms in total. The van der Waals surface area contributed by atoms with Gasteiger partial charge in [-0.2, -0.15) is 17.8 Å². The Morgan fingerprint density at radius 1 is 1.42 bits per heavy atom. The van der Waals surface area contributed by atoms with Gasteiger partial charge in [0.05, 0.1) is 6.20 Å². The van der Waals surface area contributed by atoms with Crippen molar-refractivity contribution in [2.24, 2.45) is 0 Å². The van der Waals surface area contributed by atoms with Crippen LogP contribution in [0.15, 0.2) is 12.4 Å². The molecule has 1 aliphatic rings. The zero-order valence-electron chi connectivity index (χ0n) is 10.9. The number of amides is 1. The summed E-state index contributed by atoms with van der Waals surface area (Å²) < 4.78 is 28.7. The molecule has 1 amide bonds. The zero-order valence-corrected chi connectivity index (χ0v) is 11.7. The minimum Gasteiger partial charge on any atom is -0.274 e. The summed E-state index contributed by atoms with van der Waals surface area (Å²) in [6, 6.07) is 0. The Bertz CT molecular complexity index is 546. The van der Waals surface area contributed by atoms with Crippen molar-refractivity contribution in [2.75, 3.05) is 13.1 Å². The molecule has 8 heteroatoms. The number of aromatic nitrogens is 2. The Balaban J connectivity index is 1.83. The van der Waals surface area contributed by atoms with Gasteiger partial charge < -0.3 is 0 Å². The fraction of sp³-hybridized carbons (Fsp3) is 0.636. The minimum atomic E-state index is -3.65. The molecule has 0 radical (unpaired) electrons. The molecule has 1 aromatic heterocycles. The number of hydrogen-bond acceptors (Lipinski definition) is 4. The molecule has 1 fully saturated rings. The number of rotatable bonds is 5. The zero-order chi connectivity index (χ0) is 13.9. The topological polar surface area (TPSA) is 84.3 Å². The molecule has 2 rings (SSSR count). The fourth-order valence-electron chi connectivity index (χ4n) is 1.99. The molecule has 0 aliphatic carbocycles. The third-order valence-corrected chi connectivity index (χ3v) is 4.51. The van der Waals surface area contributed by atoms with Crippen molar-refractivity contribution in [3.63, 3.8) is 0 Å². The van der Waals surface area contributed by atoms with Gasteiger partial charge in [-0.05, 0) is 25.3 Å². The Hall–Kier alpha value is -1.41. The van der Waals surface area contributed by atoms with Crippen LogP contribution < -0.4 is 4.72 Å². The molecule has 0 aromatic carbocycles. The fourth-order valence-corrected chi connectivity index (χ4v) is 3.25. The summed E-state index contributed by atoms with van der Waals surface area (Å²) in [5.41, 5.74) is 1.00. The van der Waals surface area contributed by atoms with E-state index in [0.717, 1.165) is 18.4 Å². The van der Waals surface area contributed by atoms with Crippen molar-refractivity contribution < 1.29 is 13.2 Å². The summed E-state index contributed by atoms with van der Waals surface area (Å²) in [7, 11) is -3.65. The van der Waals surface area contributed by atoms with Crippen molar-refractivity contribution in [3.05, 3.63) is 18.0 Å².